The Labute approximate surface area is 151 Å². The van der Waals surface area contributed by atoms with Crippen LogP contribution < -0.4 is 10.6 Å². The van der Waals surface area contributed by atoms with Crippen LogP contribution in [0.25, 0.3) is 0 Å². The van der Waals surface area contributed by atoms with E-state index in [9.17, 15) is 4.79 Å². The normalized spacial score (nSPS) is 12.0. The fourth-order valence-electron chi connectivity index (χ4n) is 2.56. The number of amides is 2. The monoisotopic (exact) mass is 355 g/mol. The van der Waals surface area contributed by atoms with Crippen LogP contribution >= 0.6 is 11.3 Å². The molecule has 2 aromatic heterocycles. The third-order valence-electron chi connectivity index (χ3n) is 3.77. The number of benzene rings is 1. The van der Waals surface area contributed by atoms with Gasteiger partial charge in [0, 0.05) is 17.5 Å². The van der Waals surface area contributed by atoms with Gasteiger partial charge in [-0.05, 0) is 38.5 Å². The van der Waals surface area contributed by atoms with Gasteiger partial charge in [-0.3, -0.25) is 5.32 Å². The van der Waals surface area contributed by atoms with Crippen LogP contribution in [0.4, 0.5) is 9.93 Å². The van der Waals surface area contributed by atoms with Gasteiger partial charge in [-0.25, -0.2) is 9.78 Å². The highest BCUT2D eigenvalue weighted by Crippen LogP contribution is 2.22. The van der Waals surface area contributed by atoms with Gasteiger partial charge >= 0.3 is 6.03 Å². The average Bonchev–Trinajstić information content (AvgIpc) is 3.16. The molecule has 1 atom stereocenters. The Kier molecular flexibility index (Phi) is 5.19. The second kappa shape index (κ2) is 7.53. The molecule has 1 aromatic carbocycles. The molecule has 25 heavy (non-hydrogen) atoms. The minimum Gasteiger partial charge on any atom is -0.464 e. The van der Waals surface area contributed by atoms with Gasteiger partial charge in [0.15, 0.2) is 5.13 Å². The second-order valence-electron chi connectivity index (χ2n) is 6.07. The molecule has 6 heteroatoms. The molecular weight excluding hydrogens is 334 g/mol. The summed E-state index contributed by atoms with van der Waals surface area (Å²) in [5.41, 5.74) is 2.48. The zero-order valence-corrected chi connectivity index (χ0v) is 15.3. The number of furan rings is 1. The van der Waals surface area contributed by atoms with Gasteiger partial charge in [0.1, 0.15) is 11.5 Å². The first kappa shape index (κ1) is 17.2. The van der Waals surface area contributed by atoms with Gasteiger partial charge in [-0.1, -0.05) is 29.8 Å². The maximum absolute atomic E-state index is 12.1. The second-order valence-corrected chi connectivity index (χ2v) is 7.18. The fraction of sp³-hybridized carbons (Fsp3) is 0.263. The summed E-state index contributed by atoms with van der Waals surface area (Å²) in [4.78, 5) is 17.5. The number of anilines is 1. The van der Waals surface area contributed by atoms with E-state index in [0.29, 0.717) is 5.13 Å². The van der Waals surface area contributed by atoms with E-state index in [1.54, 1.807) is 0 Å². The number of nitrogens with zero attached hydrogens (tertiary/aromatic N) is 1. The van der Waals surface area contributed by atoms with Gasteiger partial charge in [0.25, 0.3) is 0 Å². The molecule has 0 saturated carbocycles. The quantitative estimate of drug-likeness (QED) is 0.689. The maximum atomic E-state index is 12.1. The van der Waals surface area contributed by atoms with E-state index in [1.807, 2.05) is 32.2 Å². The molecule has 0 fully saturated rings. The third kappa shape index (κ3) is 4.70. The highest BCUT2D eigenvalue weighted by atomic mass is 32.1. The van der Waals surface area contributed by atoms with E-state index in [2.05, 4.69) is 46.8 Å². The van der Waals surface area contributed by atoms with Crippen molar-refractivity contribution in [2.45, 2.75) is 33.2 Å². The van der Waals surface area contributed by atoms with E-state index in [1.165, 1.54) is 22.5 Å². The number of aryl methyl sites for hydroxylation is 2. The lowest BCUT2D eigenvalue weighted by Gasteiger charge is -2.11. The highest BCUT2D eigenvalue weighted by molar-refractivity contribution is 7.15. The Morgan fingerprint density at radius 1 is 1.28 bits per heavy atom. The molecule has 2 amide bonds. The van der Waals surface area contributed by atoms with Crippen molar-refractivity contribution in [3.8, 4) is 0 Å². The van der Waals surface area contributed by atoms with Crippen LogP contribution in [-0.4, -0.2) is 11.0 Å². The van der Waals surface area contributed by atoms with E-state index in [0.717, 1.165) is 22.8 Å². The first-order valence-electron chi connectivity index (χ1n) is 8.13. The first-order chi connectivity index (χ1) is 12.0. The molecule has 0 unspecified atom stereocenters. The van der Waals surface area contributed by atoms with Crippen LogP contribution in [0.15, 0.2) is 47.0 Å². The van der Waals surface area contributed by atoms with Crippen LogP contribution in [0, 0.1) is 13.8 Å². The SMILES string of the molecule is Cc1cccc(Cc2cnc(NC(=O)N[C@H](C)c3ccc(C)o3)s2)c1. The van der Waals surface area contributed by atoms with Crippen molar-refractivity contribution in [1.29, 1.82) is 0 Å². The van der Waals surface area contributed by atoms with Crippen LogP contribution in [0.5, 0.6) is 0 Å². The maximum Gasteiger partial charge on any atom is 0.321 e. The summed E-state index contributed by atoms with van der Waals surface area (Å²) >= 11 is 1.48. The van der Waals surface area contributed by atoms with Gasteiger partial charge in [0.05, 0.1) is 6.04 Å². The molecular formula is C19H21N3O2S. The van der Waals surface area contributed by atoms with E-state index in [-0.39, 0.29) is 12.1 Å². The standard InChI is InChI=1S/C19H21N3O2S/c1-12-5-4-6-15(9-12)10-16-11-20-19(25-16)22-18(23)21-14(3)17-8-7-13(2)24-17/h4-9,11,14H,10H2,1-3H3,(H2,20,21,22,23)/t14-/m1/s1. The van der Waals surface area contributed by atoms with Crippen LogP contribution in [0.3, 0.4) is 0 Å². The molecule has 3 rings (SSSR count). The minimum atomic E-state index is -0.294. The molecule has 2 N–H and O–H groups in total. The number of urea groups is 1. The van der Waals surface area contributed by atoms with Crippen LogP contribution in [-0.2, 0) is 6.42 Å². The smallest absolute Gasteiger partial charge is 0.321 e. The van der Waals surface area contributed by atoms with Crippen molar-refractivity contribution in [2.75, 3.05) is 5.32 Å². The summed E-state index contributed by atoms with van der Waals surface area (Å²) in [5.74, 6) is 1.55. The van der Waals surface area contributed by atoms with E-state index in [4.69, 9.17) is 4.42 Å². The molecule has 0 aliphatic rings. The predicted molar refractivity (Wildman–Crippen MR) is 100 cm³/mol. The fourth-order valence-corrected chi connectivity index (χ4v) is 3.40. The summed E-state index contributed by atoms with van der Waals surface area (Å²) in [6, 6.07) is 11.6. The lowest BCUT2D eigenvalue weighted by atomic mass is 10.1. The lowest BCUT2D eigenvalue weighted by molar-refractivity contribution is 0.247. The van der Waals surface area contributed by atoms with E-state index < -0.39 is 0 Å². The van der Waals surface area contributed by atoms with Crippen molar-refractivity contribution in [2.24, 2.45) is 0 Å². The first-order valence-corrected chi connectivity index (χ1v) is 8.95. The van der Waals surface area contributed by atoms with Crippen molar-refractivity contribution in [3.05, 3.63) is 70.1 Å². The van der Waals surface area contributed by atoms with Gasteiger partial charge in [0.2, 0.25) is 0 Å². The number of carbonyl (C=O) groups is 1. The average molecular weight is 355 g/mol. The van der Waals surface area contributed by atoms with Crippen molar-refractivity contribution in [3.63, 3.8) is 0 Å². The van der Waals surface area contributed by atoms with Gasteiger partial charge < -0.3 is 9.73 Å². The molecule has 130 valence electrons. The number of hydrogen-bond donors (Lipinski definition) is 2. The molecule has 0 spiro atoms. The number of carbonyl (C=O) groups excluding carboxylic acids is 1. The summed E-state index contributed by atoms with van der Waals surface area (Å²) < 4.78 is 5.52. The Morgan fingerprint density at radius 2 is 2.12 bits per heavy atom. The molecule has 0 aliphatic carbocycles. The zero-order valence-electron chi connectivity index (χ0n) is 14.5. The number of hydrogen-bond acceptors (Lipinski definition) is 4. The largest absolute Gasteiger partial charge is 0.464 e. The number of aromatic nitrogens is 1. The van der Waals surface area contributed by atoms with Gasteiger partial charge in [-0.15, -0.1) is 11.3 Å². The van der Waals surface area contributed by atoms with E-state index >= 15 is 0 Å². The molecule has 3 aromatic rings. The topological polar surface area (TPSA) is 67.2 Å². The molecule has 5 nitrogen and oxygen atoms in total. The summed E-state index contributed by atoms with van der Waals surface area (Å²) in [6.07, 6.45) is 2.62. The van der Waals surface area contributed by atoms with Gasteiger partial charge in [-0.2, -0.15) is 0 Å². The Hall–Kier alpha value is -2.60. The third-order valence-corrected chi connectivity index (χ3v) is 4.68. The summed E-state index contributed by atoms with van der Waals surface area (Å²) in [7, 11) is 0. The number of nitrogens with one attached hydrogen (secondary N) is 2. The number of rotatable bonds is 5. The Balaban J connectivity index is 1.56. The Bertz CT molecular complexity index is 869. The van der Waals surface area contributed by atoms with Crippen LogP contribution in [0.1, 0.15) is 40.5 Å². The zero-order chi connectivity index (χ0) is 17.8. The Morgan fingerprint density at radius 3 is 2.84 bits per heavy atom. The lowest BCUT2D eigenvalue weighted by Crippen LogP contribution is -2.30. The summed E-state index contributed by atoms with van der Waals surface area (Å²) in [5, 5.41) is 6.22. The highest BCUT2D eigenvalue weighted by Gasteiger charge is 2.14. The molecule has 0 bridgehead atoms. The van der Waals surface area contributed by atoms with Crippen molar-refractivity contribution in [1.82, 2.24) is 10.3 Å². The summed E-state index contributed by atoms with van der Waals surface area (Å²) in [6.45, 7) is 5.83. The minimum absolute atomic E-state index is 0.208. The molecule has 0 saturated heterocycles. The molecule has 0 radical (unpaired) electrons. The molecule has 0 aliphatic heterocycles. The number of thiazole rings is 1. The van der Waals surface area contributed by atoms with Crippen molar-refractivity contribution >= 4 is 22.5 Å². The van der Waals surface area contributed by atoms with Crippen LogP contribution in [0.2, 0.25) is 0 Å². The predicted octanol–water partition coefficient (Wildman–Crippen LogP) is 4.83. The van der Waals surface area contributed by atoms with Crippen molar-refractivity contribution < 1.29 is 9.21 Å². The molecule has 2 heterocycles.